The van der Waals surface area contributed by atoms with Gasteiger partial charge in [0.2, 0.25) is 11.4 Å². The Balaban J connectivity index is 0.000000136. The first kappa shape index (κ1) is 44.9. The highest BCUT2D eigenvalue weighted by Gasteiger charge is 2.19. The molecule has 0 saturated heterocycles. The molecule has 12 rings (SSSR count). The van der Waals surface area contributed by atoms with Crippen molar-refractivity contribution in [1.29, 1.82) is 0 Å². The van der Waals surface area contributed by atoms with Crippen LogP contribution in [0.15, 0.2) is 216 Å². The van der Waals surface area contributed by atoms with E-state index >= 15 is 0 Å². The van der Waals surface area contributed by atoms with E-state index in [1.165, 1.54) is 49.2 Å². The van der Waals surface area contributed by atoms with Gasteiger partial charge in [-0.1, -0.05) is 214 Å². The van der Waals surface area contributed by atoms with Crippen molar-refractivity contribution in [2.24, 2.45) is 0 Å². The van der Waals surface area contributed by atoms with Crippen molar-refractivity contribution < 1.29 is 8.83 Å². The normalized spacial score (nSPS) is 10.8. The molecule has 4 heterocycles. The Kier molecular flexibility index (Phi) is 14.9. The fraction of sp³-hybridized carbons (Fsp3) is 0.0370. The van der Waals surface area contributed by atoms with Crippen LogP contribution in [0.2, 0.25) is 0 Å². The van der Waals surface area contributed by atoms with Gasteiger partial charge in [0.15, 0.2) is 0 Å². The number of H-pyrrole nitrogens is 1. The predicted molar refractivity (Wildman–Crippen MR) is 296 cm³/mol. The first-order valence-electron chi connectivity index (χ1n) is 19.9. The van der Waals surface area contributed by atoms with E-state index in [0.717, 1.165) is 58.1 Å². The Morgan fingerprint density at radius 2 is 0.857 bits per heavy atom. The molecule has 4 aromatic heterocycles. The van der Waals surface area contributed by atoms with Gasteiger partial charge in [0.1, 0.15) is 11.2 Å². The van der Waals surface area contributed by atoms with E-state index < -0.39 is 0 Å². The van der Waals surface area contributed by atoms with Crippen LogP contribution in [0.5, 0.6) is 0 Å². The molecule has 0 atom stereocenters. The number of aromatic nitrogens is 2. The van der Waals surface area contributed by atoms with E-state index in [2.05, 4.69) is 230 Å². The summed E-state index contributed by atoms with van der Waals surface area (Å²) in [5, 5.41) is 7.12. The maximum Gasteiger partial charge on any atom is 0.213 e. The van der Waals surface area contributed by atoms with Crippen molar-refractivity contribution in [1.82, 2.24) is 9.55 Å². The molecule has 8 aromatic carbocycles. The fourth-order valence-electron chi connectivity index (χ4n) is 7.86. The summed E-state index contributed by atoms with van der Waals surface area (Å²) in [7, 11) is 0. The molecule has 0 aliphatic rings. The third kappa shape index (κ3) is 9.59. The van der Waals surface area contributed by atoms with Crippen LogP contribution in [0.25, 0.3) is 93.9 Å². The molecule has 0 spiro atoms. The Morgan fingerprint density at radius 3 is 1.43 bits per heavy atom. The summed E-state index contributed by atoms with van der Waals surface area (Å²) in [6.07, 6.45) is 0. The van der Waals surface area contributed by atoms with Crippen LogP contribution in [0.4, 0.5) is 0 Å². The first-order valence-corrected chi connectivity index (χ1v) is 26.6. The molecular weight excluding hydrogens is 1200 g/mol. The van der Waals surface area contributed by atoms with Gasteiger partial charge in [-0.2, -0.15) is 0 Å². The largest absolute Gasteiger partial charge is 0.440 e. The van der Waals surface area contributed by atoms with Gasteiger partial charge in [0, 0.05) is 46.2 Å². The van der Waals surface area contributed by atoms with Crippen LogP contribution in [-0.4, -0.2) is 19.4 Å². The van der Waals surface area contributed by atoms with Crippen molar-refractivity contribution in [3.8, 4) is 27.9 Å². The van der Waals surface area contributed by atoms with Crippen molar-refractivity contribution in [2.75, 3.05) is 9.86 Å². The number of nitrogens with one attached hydrogen (secondary N) is 1. The smallest absolute Gasteiger partial charge is 0.213 e. The number of nitrogens with zero attached hydrogens (tertiary/aromatic N) is 1. The van der Waals surface area contributed by atoms with Crippen molar-refractivity contribution in [3.05, 3.63) is 208 Å². The summed E-state index contributed by atoms with van der Waals surface area (Å²) in [5.41, 5.74) is 11.8. The van der Waals surface area contributed by atoms with Gasteiger partial charge in [-0.15, -0.1) is 0 Å². The number of halogens is 5. The lowest BCUT2D eigenvalue weighted by molar-refractivity contribution is 0.645. The monoisotopic (exact) mass is 1240 g/mol. The number of alkyl halides is 2. The van der Waals surface area contributed by atoms with E-state index in [1.807, 2.05) is 76.6 Å². The molecule has 0 aliphatic carbocycles. The average molecular weight is 1240 g/mol. The molecule has 9 heteroatoms. The summed E-state index contributed by atoms with van der Waals surface area (Å²) in [6, 6.07) is 66.7. The molecule has 12 aromatic rings. The van der Waals surface area contributed by atoms with E-state index in [-0.39, 0.29) is 0 Å². The molecule has 0 saturated carbocycles. The number of aromatic amines is 1. The van der Waals surface area contributed by atoms with E-state index in [0.29, 0.717) is 0 Å². The van der Waals surface area contributed by atoms with Crippen LogP contribution in [0.3, 0.4) is 0 Å². The number of benzene rings is 8. The van der Waals surface area contributed by atoms with Crippen LogP contribution < -0.4 is 0 Å². The minimum absolute atomic E-state index is 0.863. The van der Waals surface area contributed by atoms with Gasteiger partial charge >= 0.3 is 0 Å². The molecule has 0 bridgehead atoms. The average Bonchev–Trinajstić information content (AvgIpc) is 4.08. The van der Waals surface area contributed by atoms with Crippen LogP contribution in [0.1, 0.15) is 0 Å². The Bertz CT molecular complexity index is 3370. The highest BCUT2D eigenvalue weighted by Crippen LogP contribution is 2.40. The second kappa shape index (κ2) is 20.9. The number of hydrogen-bond donors (Lipinski definition) is 1. The van der Waals surface area contributed by atoms with Crippen LogP contribution in [-0.2, 0) is 0 Å². The van der Waals surface area contributed by atoms with E-state index in [4.69, 9.17) is 8.83 Å². The maximum absolute atomic E-state index is 6.34. The van der Waals surface area contributed by atoms with Gasteiger partial charge in [-0.05, 0) is 105 Å². The molecule has 0 amide bonds. The Labute approximate surface area is 418 Å². The van der Waals surface area contributed by atoms with E-state index in [1.54, 1.807) is 0 Å². The van der Waals surface area contributed by atoms with Crippen LogP contribution >= 0.6 is 93.0 Å². The molecule has 63 heavy (non-hydrogen) atoms. The SMILES string of the molecule is Brc1cccc(-c2cccc(-n3c4ccccc4c4c5ccccc5oc43)c2)c1.Brc1cccc(-c2cccc(Br)c2)c1.CI.CI.c1ccc2c(c1)[nH]c1oc3ccccc3c12. The lowest BCUT2D eigenvalue weighted by Gasteiger charge is -2.09. The second-order valence-corrected chi connectivity index (χ2v) is 16.9. The molecule has 0 unspecified atom stereocenters. The molecular formula is C54H39Br3I2N2O2. The van der Waals surface area contributed by atoms with Gasteiger partial charge in [0.25, 0.3) is 0 Å². The lowest BCUT2D eigenvalue weighted by atomic mass is 10.1. The number of furan rings is 2. The molecule has 0 fully saturated rings. The summed E-state index contributed by atoms with van der Waals surface area (Å²) in [6.45, 7) is 0. The van der Waals surface area contributed by atoms with Crippen molar-refractivity contribution in [2.45, 2.75) is 0 Å². The summed E-state index contributed by atoms with van der Waals surface area (Å²) >= 11 is 14.8. The van der Waals surface area contributed by atoms with Crippen molar-refractivity contribution in [3.63, 3.8) is 0 Å². The molecule has 4 nitrogen and oxygen atoms in total. The topological polar surface area (TPSA) is 47.0 Å². The lowest BCUT2D eigenvalue weighted by Crippen LogP contribution is -1.93. The Morgan fingerprint density at radius 1 is 0.413 bits per heavy atom. The molecule has 0 radical (unpaired) electrons. The number of hydrogen-bond acceptors (Lipinski definition) is 2. The summed E-state index contributed by atoms with van der Waals surface area (Å²) < 4.78 is 17.6. The quantitative estimate of drug-likeness (QED) is 0.142. The number of rotatable bonds is 3. The second-order valence-electron chi connectivity index (χ2n) is 14.2. The third-order valence-corrected chi connectivity index (χ3v) is 12.0. The minimum atomic E-state index is 0.863. The molecule has 312 valence electrons. The van der Waals surface area contributed by atoms with Gasteiger partial charge in [-0.3, -0.25) is 4.57 Å². The highest BCUT2D eigenvalue weighted by atomic mass is 127. The van der Waals surface area contributed by atoms with Crippen LogP contribution in [0, 0.1) is 0 Å². The Hall–Kier alpha value is -4.66. The molecule has 0 aliphatic heterocycles. The van der Waals surface area contributed by atoms with Crippen molar-refractivity contribution >= 4 is 159 Å². The number of fused-ring (bicyclic) bond motifs is 10. The summed E-state index contributed by atoms with van der Waals surface area (Å²) in [4.78, 5) is 7.24. The van der Waals surface area contributed by atoms with Gasteiger partial charge in [0.05, 0.1) is 16.3 Å². The molecule has 1 N–H and O–H groups in total. The zero-order valence-corrected chi connectivity index (χ0v) is 43.2. The van der Waals surface area contributed by atoms with E-state index in [9.17, 15) is 0 Å². The third-order valence-electron chi connectivity index (χ3n) is 10.5. The fourth-order valence-corrected chi connectivity index (χ4v) is 9.06. The maximum atomic E-state index is 6.34. The van der Waals surface area contributed by atoms with Gasteiger partial charge in [-0.25, -0.2) is 0 Å². The first-order chi connectivity index (χ1) is 31.0. The summed E-state index contributed by atoms with van der Waals surface area (Å²) in [5.74, 6) is 0. The zero-order chi connectivity index (χ0) is 43.9. The van der Waals surface area contributed by atoms with Gasteiger partial charge < -0.3 is 13.8 Å². The number of para-hydroxylation sites is 4. The standard InChI is InChI=1S/C26H16BrNO.C14H9NO.C12H8Br2.2CH3I/c27-19-9-5-7-17(15-19)18-8-6-10-20(16-18)28-23-13-3-1-11-21(23)25-22-12-2-4-14-24(22)29-26(25)28;1-3-7-11-9(5-1)13-10-6-2-4-8-12(10)16-14(13)15-11;13-11-5-1-3-9(7-11)10-4-2-6-12(14)8-10;2*1-2/h1-16H;1-8,15H;1-8H;2*1H3. The minimum Gasteiger partial charge on any atom is -0.440 e. The highest BCUT2D eigenvalue weighted by molar-refractivity contribution is 14.1. The predicted octanol–water partition coefficient (Wildman–Crippen LogP) is 19.0. The zero-order valence-electron chi connectivity index (χ0n) is 34.1.